The summed E-state index contributed by atoms with van der Waals surface area (Å²) in [4.78, 5) is 0. The fraction of sp³-hybridized carbons (Fsp3) is 0.195. The second-order valence-electron chi connectivity index (χ2n) is 12.2. The van der Waals surface area contributed by atoms with Crippen LogP contribution in [-0.2, 0) is 19.5 Å². The second-order valence-corrected chi connectivity index (χ2v) is 12.2. The Bertz CT molecular complexity index is 2000. The van der Waals surface area contributed by atoms with E-state index in [0.29, 0.717) is 0 Å². The normalized spacial score (nSPS) is 13.8. The van der Waals surface area contributed by atoms with Gasteiger partial charge in [-0.05, 0) is 75.2 Å². The molecule has 1 aliphatic rings. The summed E-state index contributed by atoms with van der Waals surface area (Å²) in [7, 11) is 0. The number of aryl methyl sites for hydroxylation is 6. The fourth-order valence-electron chi connectivity index (χ4n) is 7.24. The molecule has 4 heterocycles. The van der Waals surface area contributed by atoms with Gasteiger partial charge in [-0.1, -0.05) is 54.6 Å². The lowest BCUT2D eigenvalue weighted by Gasteiger charge is -2.23. The molecule has 1 aliphatic heterocycles. The molecule has 6 aromatic rings. The average Bonchev–Trinajstić information content (AvgIpc) is 3.04. The van der Waals surface area contributed by atoms with E-state index >= 15 is 0 Å². The van der Waals surface area contributed by atoms with Crippen LogP contribution in [0.1, 0.15) is 39.4 Å². The lowest BCUT2D eigenvalue weighted by atomic mass is 9.90. The van der Waals surface area contributed by atoms with Crippen molar-refractivity contribution in [2.24, 2.45) is 0 Å². The molecular weight excluding hydrogens is 534 g/mol. The summed E-state index contributed by atoms with van der Waals surface area (Å²) >= 11 is 0. The van der Waals surface area contributed by atoms with Gasteiger partial charge in [0.05, 0.1) is 5.56 Å². The number of aromatic nitrogens is 3. The van der Waals surface area contributed by atoms with E-state index in [1.807, 2.05) is 0 Å². The summed E-state index contributed by atoms with van der Waals surface area (Å²) in [5, 5.41) is 0. The lowest BCUT2D eigenvalue weighted by Crippen LogP contribution is -2.54. The zero-order chi connectivity index (χ0) is 30.2. The number of fused-ring (bicyclic) bond motifs is 3. The molecule has 3 heteroatoms. The summed E-state index contributed by atoms with van der Waals surface area (Å²) in [6.07, 6.45) is 7.70. The molecule has 0 saturated carbocycles. The van der Waals surface area contributed by atoms with Gasteiger partial charge in [-0.2, -0.15) is 13.7 Å². The Morgan fingerprint density at radius 2 is 1.11 bits per heavy atom. The smallest absolute Gasteiger partial charge is 0.198 e. The van der Waals surface area contributed by atoms with E-state index in [1.165, 1.54) is 67.2 Å². The third-order valence-electron chi connectivity index (χ3n) is 9.35. The largest absolute Gasteiger partial charge is 0.243 e. The Morgan fingerprint density at radius 1 is 0.523 bits per heavy atom. The minimum atomic E-state index is 0.187. The number of hydrogen-bond acceptors (Lipinski definition) is 0. The molecule has 0 amide bonds. The van der Waals surface area contributed by atoms with Crippen LogP contribution in [0.5, 0.6) is 0 Å². The molecule has 0 aliphatic carbocycles. The molecule has 44 heavy (non-hydrogen) atoms. The van der Waals surface area contributed by atoms with Crippen molar-refractivity contribution in [3.05, 3.63) is 161 Å². The molecule has 3 aromatic heterocycles. The molecule has 7 rings (SSSR count). The first-order valence-electron chi connectivity index (χ1n) is 15.7. The molecule has 0 radical (unpaired) electrons. The Morgan fingerprint density at radius 3 is 1.91 bits per heavy atom. The van der Waals surface area contributed by atoms with E-state index in [9.17, 15) is 0 Å². The van der Waals surface area contributed by atoms with Gasteiger partial charge in [0.2, 0.25) is 29.7 Å². The molecule has 3 aromatic carbocycles. The van der Waals surface area contributed by atoms with Gasteiger partial charge >= 0.3 is 0 Å². The van der Waals surface area contributed by atoms with Gasteiger partial charge in [0, 0.05) is 58.0 Å². The summed E-state index contributed by atoms with van der Waals surface area (Å²) in [6.45, 7) is 10.7. The highest BCUT2D eigenvalue weighted by Crippen LogP contribution is 2.34. The van der Waals surface area contributed by atoms with E-state index in [1.54, 1.807) is 0 Å². The van der Waals surface area contributed by atoms with E-state index in [-0.39, 0.29) is 6.04 Å². The van der Waals surface area contributed by atoms with Crippen molar-refractivity contribution in [3.63, 3.8) is 0 Å². The zero-order valence-corrected chi connectivity index (χ0v) is 26.2. The summed E-state index contributed by atoms with van der Waals surface area (Å²) < 4.78 is 7.41. The van der Waals surface area contributed by atoms with Gasteiger partial charge in [0.15, 0.2) is 25.1 Å². The monoisotopic (exact) mass is 574 g/mol. The van der Waals surface area contributed by atoms with Gasteiger partial charge in [0.25, 0.3) is 0 Å². The van der Waals surface area contributed by atoms with Crippen molar-refractivity contribution in [2.45, 2.75) is 53.2 Å². The van der Waals surface area contributed by atoms with Crippen molar-refractivity contribution >= 4 is 0 Å². The van der Waals surface area contributed by atoms with Crippen LogP contribution in [0.4, 0.5) is 0 Å². The molecule has 3 nitrogen and oxygen atoms in total. The fourth-order valence-corrected chi connectivity index (χ4v) is 7.24. The van der Waals surface area contributed by atoms with Crippen LogP contribution in [0.3, 0.4) is 0 Å². The Labute approximate surface area is 261 Å². The van der Waals surface area contributed by atoms with Gasteiger partial charge in [-0.3, -0.25) is 0 Å². The van der Waals surface area contributed by atoms with Crippen molar-refractivity contribution in [1.82, 2.24) is 0 Å². The van der Waals surface area contributed by atoms with E-state index in [2.05, 4.69) is 169 Å². The van der Waals surface area contributed by atoms with Crippen LogP contribution < -0.4 is 13.7 Å². The topological polar surface area (TPSA) is 11.6 Å². The van der Waals surface area contributed by atoms with Gasteiger partial charge in [-0.25, -0.2) is 0 Å². The highest BCUT2D eigenvalue weighted by Gasteiger charge is 2.39. The molecule has 1 unspecified atom stereocenters. The molecule has 0 saturated heterocycles. The predicted molar refractivity (Wildman–Crippen MR) is 177 cm³/mol. The van der Waals surface area contributed by atoms with Crippen LogP contribution in [-0.4, -0.2) is 0 Å². The van der Waals surface area contributed by atoms with Crippen LogP contribution in [0.15, 0.2) is 128 Å². The number of benzene rings is 3. The van der Waals surface area contributed by atoms with Crippen molar-refractivity contribution < 1.29 is 13.7 Å². The van der Waals surface area contributed by atoms with E-state index in [0.717, 1.165) is 19.5 Å². The maximum atomic E-state index is 2.53. The molecule has 1 atom stereocenters. The van der Waals surface area contributed by atoms with Gasteiger partial charge in [0.1, 0.15) is 0 Å². The second kappa shape index (κ2) is 11.7. The number of hydrogen-bond donors (Lipinski definition) is 0. The number of nitrogens with zero attached hydrogens (tertiary/aromatic N) is 3. The SMILES string of the molecule is Cc1ccccc1-c1c(C)ccc[n+]1CCc1ccccc1-c1c(C)ccc[n+]1C1C[n+]2cccc(C)c2-c2ccccc21. The molecule has 0 fully saturated rings. The molecule has 0 bridgehead atoms. The molecular formula is C41H40N3+3. The highest BCUT2D eigenvalue weighted by atomic mass is 15.1. The van der Waals surface area contributed by atoms with Crippen LogP contribution >= 0.6 is 0 Å². The van der Waals surface area contributed by atoms with Crippen molar-refractivity contribution in [1.29, 1.82) is 0 Å². The zero-order valence-electron chi connectivity index (χ0n) is 26.2. The summed E-state index contributed by atoms with van der Waals surface area (Å²) in [5.74, 6) is 0. The molecule has 216 valence electrons. The Hall–Kier alpha value is -4.89. The molecule has 0 N–H and O–H groups in total. The average molecular weight is 575 g/mol. The first kappa shape index (κ1) is 27.9. The molecule has 0 spiro atoms. The Balaban J connectivity index is 1.30. The Kier molecular flexibility index (Phi) is 7.39. The number of rotatable bonds is 6. The van der Waals surface area contributed by atoms with E-state index in [4.69, 9.17) is 0 Å². The standard InChI is InChI=1S/C41H40N3/c1-29-14-5-7-19-34(29)39-30(2)15-11-24-42(39)27-23-33-18-6-8-20-35(33)41-32(4)17-13-26-44(41)38-28-43-25-12-16-31(3)40(43)37-22-10-9-21-36(37)38/h5-22,24-26,38H,23,27-28H2,1-4H3/q+3. The van der Waals surface area contributed by atoms with Crippen LogP contribution in [0, 0.1) is 27.7 Å². The summed E-state index contributed by atoms with van der Waals surface area (Å²) in [5.41, 5.74) is 15.8. The van der Waals surface area contributed by atoms with Gasteiger partial charge < -0.3 is 0 Å². The minimum Gasteiger partial charge on any atom is -0.198 e. The maximum Gasteiger partial charge on any atom is 0.243 e. The quantitative estimate of drug-likeness (QED) is 0.181. The van der Waals surface area contributed by atoms with Crippen molar-refractivity contribution in [3.8, 4) is 33.8 Å². The lowest BCUT2D eigenvalue weighted by molar-refractivity contribution is -0.784. The first-order chi connectivity index (χ1) is 21.5. The predicted octanol–water partition coefficient (Wildman–Crippen LogP) is 7.63. The number of pyridine rings is 3. The van der Waals surface area contributed by atoms with E-state index < -0.39 is 0 Å². The van der Waals surface area contributed by atoms with Crippen LogP contribution in [0.25, 0.3) is 33.8 Å². The summed E-state index contributed by atoms with van der Waals surface area (Å²) in [6, 6.07) is 40.2. The third-order valence-corrected chi connectivity index (χ3v) is 9.35. The van der Waals surface area contributed by atoms with Gasteiger partial charge in [-0.15, -0.1) is 0 Å². The first-order valence-corrected chi connectivity index (χ1v) is 15.7. The third kappa shape index (κ3) is 4.93. The van der Waals surface area contributed by atoms with Crippen LogP contribution in [0.2, 0.25) is 0 Å². The maximum absolute atomic E-state index is 2.53. The van der Waals surface area contributed by atoms with Crippen molar-refractivity contribution in [2.75, 3.05) is 0 Å². The highest BCUT2D eigenvalue weighted by molar-refractivity contribution is 5.67. The minimum absolute atomic E-state index is 0.187.